The highest BCUT2D eigenvalue weighted by atomic mass is 32.2. The molecule has 2 radical (unpaired) electrons. The van der Waals surface area contributed by atoms with Crippen molar-refractivity contribution in [3.05, 3.63) is 36.4 Å². The van der Waals surface area contributed by atoms with E-state index in [4.69, 9.17) is 4.55 Å². The standard InChI is InChI=1S/C10H6O4S/c11-10-6-8(15(12,13)14)5-7-3-1-2-4-9(7)10/h2-5,11H,(H,12,13,14). The van der Waals surface area contributed by atoms with E-state index in [1.54, 1.807) is 12.1 Å². The van der Waals surface area contributed by atoms with Crippen LogP contribution in [0.1, 0.15) is 0 Å². The van der Waals surface area contributed by atoms with Gasteiger partial charge in [0, 0.05) is 5.39 Å². The lowest BCUT2D eigenvalue weighted by molar-refractivity contribution is 0.469. The number of aromatic hydroxyl groups is 1. The van der Waals surface area contributed by atoms with Crippen LogP contribution >= 0.6 is 0 Å². The Bertz CT molecular complexity index is 616. The fraction of sp³-hybridized carbons (Fsp3) is 0. The minimum absolute atomic E-state index is 0.311. The van der Waals surface area contributed by atoms with Crippen molar-refractivity contribution in [1.29, 1.82) is 0 Å². The van der Waals surface area contributed by atoms with Crippen molar-refractivity contribution in [2.45, 2.75) is 4.90 Å². The Morgan fingerprint density at radius 1 is 1.33 bits per heavy atom. The second-order valence-corrected chi connectivity index (χ2v) is 4.36. The van der Waals surface area contributed by atoms with E-state index in [-0.39, 0.29) is 5.75 Å². The van der Waals surface area contributed by atoms with Crippen LogP contribution < -0.4 is 0 Å². The van der Waals surface area contributed by atoms with E-state index < -0.39 is 15.0 Å². The van der Waals surface area contributed by atoms with E-state index in [1.165, 1.54) is 12.1 Å². The smallest absolute Gasteiger partial charge is 0.295 e. The summed E-state index contributed by atoms with van der Waals surface area (Å²) in [5.74, 6) is -0.311. The number of phenolic OH excluding ortho intramolecular Hbond substituents is 1. The largest absolute Gasteiger partial charge is 0.507 e. The molecule has 2 rings (SSSR count). The number of hydrogen-bond donors (Lipinski definition) is 2. The van der Waals surface area contributed by atoms with Crippen LogP contribution in [0, 0.1) is 12.1 Å². The third kappa shape index (κ3) is 1.79. The highest BCUT2D eigenvalue weighted by molar-refractivity contribution is 7.85. The minimum atomic E-state index is -4.35. The zero-order valence-electron chi connectivity index (χ0n) is 7.43. The van der Waals surface area contributed by atoms with E-state index in [0.717, 1.165) is 0 Å². The molecule has 76 valence electrons. The van der Waals surface area contributed by atoms with Crippen LogP contribution in [0.15, 0.2) is 29.2 Å². The number of rotatable bonds is 1. The summed E-state index contributed by atoms with van der Waals surface area (Å²) in [5.41, 5.74) is 0. The fourth-order valence-corrected chi connectivity index (χ4v) is 1.78. The molecule has 0 unspecified atom stereocenters. The predicted octanol–water partition coefficient (Wildman–Crippen LogP) is 1.39. The first-order chi connectivity index (χ1) is 6.98. The molecule has 0 aliphatic heterocycles. The quantitative estimate of drug-likeness (QED) is 0.715. The van der Waals surface area contributed by atoms with E-state index in [0.29, 0.717) is 10.8 Å². The van der Waals surface area contributed by atoms with Crippen molar-refractivity contribution in [3.8, 4) is 5.75 Å². The van der Waals surface area contributed by atoms with Gasteiger partial charge in [-0.3, -0.25) is 4.55 Å². The van der Waals surface area contributed by atoms with Gasteiger partial charge in [-0.25, -0.2) is 0 Å². The molecule has 2 aromatic rings. The third-order valence-corrected chi connectivity index (χ3v) is 2.73. The molecule has 0 heterocycles. The van der Waals surface area contributed by atoms with E-state index in [9.17, 15) is 13.5 Å². The molecule has 5 heteroatoms. The Morgan fingerprint density at radius 2 is 2.07 bits per heavy atom. The molecule has 15 heavy (non-hydrogen) atoms. The van der Waals surface area contributed by atoms with Crippen LogP contribution in [-0.4, -0.2) is 18.1 Å². The number of fused-ring (bicyclic) bond motifs is 1. The van der Waals surface area contributed by atoms with Crippen molar-refractivity contribution in [3.63, 3.8) is 0 Å². The lowest BCUT2D eigenvalue weighted by Crippen LogP contribution is -1.98. The number of hydrogen-bond acceptors (Lipinski definition) is 3. The lowest BCUT2D eigenvalue weighted by Gasteiger charge is -2.02. The zero-order chi connectivity index (χ0) is 11.1. The topological polar surface area (TPSA) is 74.6 Å². The Hall–Kier alpha value is -1.59. The molecule has 2 aromatic carbocycles. The maximum atomic E-state index is 10.8. The number of phenols is 1. The first-order valence-electron chi connectivity index (χ1n) is 4.01. The molecule has 0 aromatic heterocycles. The van der Waals surface area contributed by atoms with Gasteiger partial charge in [-0.15, -0.1) is 0 Å². The molecule has 0 atom stereocenters. The highest BCUT2D eigenvalue weighted by Gasteiger charge is 2.13. The first-order valence-corrected chi connectivity index (χ1v) is 5.45. The van der Waals surface area contributed by atoms with Crippen LogP contribution in [-0.2, 0) is 10.1 Å². The lowest BCUT2D eigenvalue weighted by atomic mass is 10.1. The third-order valence-electron chi connectivity index (χ3n) is 1.96. The second kappa shape index (κ2) is 3.22. The average molecular weight is 222 g/mol. The molecule has 0 spiro atoms. The van der Waals surface area contributed by atoms with Crippen LogP contribution in [0.5, 0.6) is 5.75 Å². The summed E-state index contributed by atoms with van der Waals surface area (Å²) < 4.78 is 30.5. The Balaban J connectivity index is 2.85. The van der Waals surface area contributed by atoms with Crippen LogP contribution in [0.25, 0.3) is 10.8 Å². The maximum absolute atomic E-state index is 10.8. The van der Waals surface area contributed by atoms with Crippen LogP contribution in [0.3, 0.4) is 0 Å². The summed E-state index contributed by atoms with van der Waals surface area (Å²) in [6.07, 6.45) is 0. The van der Waals surface area contributed by atoms with Gasteiger partial charge < -0.3 is 5.11 Å². The Kier molecular flexibility index (Phi) is 2.13. The van der Waals surface area contributed by atoms with E-state index in [2.05, 4.69) is 12.1 Å². The SMILES string of the molecule is O=S(=O)(O)c1[c]c(O)c2cc[c]cc2c1. The number of benzene rings is 2. The maximum Gasteiger partial charge on any atom is 0.295 e. The summed E-state index contributed by atoms with van der Waals surface area (Å²) in [4.78, 5) is -0.452. The molecule has 0 aliphatic carbocycles. The van der Waals surface area contributed by atoms with Crippen molar-refractivity contribution in [2.75, 3.05) is 0 Å². The van der Waals surface area contributed by atoms with Gasteiger partial charge in [-0.05, 0) is 23.6 Å². The molecule has 0 amide bonds. The monoisotopic (exact) mass is 222 g/mol. The van der Waals surface area contributed by atoms with Gasteiger partial charge in [0.2, 0.25) is 0 Å². The van der Waals surface area contributed by atoms with Gasteiger partial charge in [-0.2, -0.15) is 8.42 Å². The summed E-state index contributed by atoms with van der Waals surface area (Å²) in [6, 6.07) is 10.8. The molecule has 0 bridgehead atoms. The highest BCUT2D eigenvalue weighted by Crippen LogP contribution is 2.27. The summed E-state index contributed by atoms with van der Waals surface area (Å²) in [7, 11) is -4.35. The zero-order valence-corrected chi connectivity index (χ0v) is 8.25. The first kappa shape index (κ1) is 9.95. The molecular formula is C10H6O4S. The Morgan fingerprint density at radius 3 is 2.73 bits per heavy atom. The van der Waals surface area contributed by atoms with Crippen LogP contribution in [0.4, 0.5) is 0 Å². The minimum Gasteiger partial charge on any atom is -0.507 e. The predicted molar refractivity (Wildman–Crippen MR) is 53.1 cm³/mol. The van der Waals surface area contributed by atoms with Gasteiger partial charge in [-0.1, -0.05) is 12.1 Å². The molecule has 0 fully saturated rings. The Labute approximate surface area is 86.5 Å². The van der Waals surface area contributed by atoms with Gasteiger partial charge in [0.25, 0.3) is 10.1 Å². The van der Waals surface area contributed by atoms with Crippen molar-refractivity contribution < 1.29 is 18.1 Å². The van der Waals surface area contributed by atoms with Crippen molar-refractivity contribution in [1.82, 2.24) is 0 Å². The van der Waals surface area contributed by atoms with Gasteiger partial charge in [0.15, 0.2) is 0 Å². The van der Waals surface area contributed by atoms with Crippen molar-refractivity contribution >= 4 is 20.9 Å². The fourth-order valence-electron chi connectivity index (χ4n) is 1.28. The van der Waals surface area contributed by atoms with Gasteiger partial charge in [0.05, 0.1) is 6.07 Å². The molecule has 4 nitrogen and oxygen atoms in total. The summed E-state index contributed by atoms with van der Waals surface area (Å²) in [5, 5.41) is 10.4. The van der Waals surface area contributed by atoms with Crippen molar-refractivity contribution in [2.24, 2.45) is 0 Å². The normalized spacial score (nSPS) is 11.8. The second-order valence-electron chi connectivity index (χ2n) is 2.97. The molecular weight excluding hydrogens is 216 g/mol. The van der Waals surface area contributed by atoms with Gasteiger partial charge in [0.1, 0.15) is 10.6 Å². The summed E-state index contributed by atoms with van der Waals surface area (Å²) >= 11 is 0. The molecule has 2 N–H and O–H groups in total. The molecule has 0 saturated heterocycles. The average Bonchev–Trinajstić information content (AvgIpc) is 2.16. The van der Waals surface area contributed by atoms with Crippen LogP contribution in [0.2, 0.25) is 0 Å². The molecule has 0 aliphatic rings. The summed E-state index contributed by atoms with van der Waals surface area (Å²) in [6.45, 7) is 0. The molecule has 0 saturated carbocycles. The van der Waals surface area contributed by atoms with E-state index >= 15 is 0 Å². The van der Waals surface area contributed by atoms with E-state index in [1.807, 2.05) is 0 Å². The van der Waals surface area contributed by atoms with Gasteiger partial charge >= 0.3 is 0 Å².